The smallest absolute Gasteiger partial charge is 0.282 e. The Hall–Kier alpha value is -3.14. The predicted octanol–water partition coefficient (Wildman–Crippen LogP) is 4.74. The summed E-state index contributed by atoms with van der Waals surface area (Å²) in [6.07, 6.45) is 1.38. The standard InChI is InChI=1S/C21H14FN3O3S2/c22-16-5-9-18(10-6-16)29-17-7-1-14(2-8-17)20-23-13-24-21(25-20)15-3-11-19(12-4-15)30(26,27)28/h1-13H,(H,26,27,28). The molecular weight excluding hydrogens is 425 g/mol. The predicted molar refractivity (Wildman–Crippen MR) is 111 cm³/mol. The Labute approximate surface area is 176 Å². The van der Waals surface area contributed by atoms with Crippen LogP contribution in [0.4, 0.5) is 4.39 Å². The highest BCUT2D eigenvalue weighted by Crippen LogP contribution is 2.29. The number of benzene rings is 3. The third-order valence-corrected chi connectivity index (χ3v) is 6.03. The number of aromatic nitrogens is 3. The van der Waals surface area contributed by atoms with Crippen LogP contribution >= 0.6 is 11.8 Å². The second-order valence-electron chi connectivity index (χ2n) is 6.21. The van der Waals surface area contributed by atoms with Crippen molar-refractivity contribution >= 4 is 21.9 Å². The van der Waals surface area contributed by atoms with Crippen LogP contribution in [0.3, 0.4) is 0 Å². The van der Waals surface area contributed by atoms with Gasteiger partial charge in [0.15, 0.2) is 11.6 Å². The lowest BCUT2D eigenvalue weighted by molar-refractivity contribution is 0.483. The third-order valence-electron chi connectivity index (χ3n) is 4.14. The van der Waals surface area contributed by atoms with Gasteiger partial charge in [-0.2, -0.15) is 8.42 Å². The van der Waals surface area contributed by atoms with Gasteiger partial charge in [0.1, 0.15) is 12.1 Å². The van der Waals surface area contributed by atoms with Crippen molar-refractivity contribution in [2.45, 2.75) is 14.7 Å². The molecule has 1 aromatic heterocycles. The molecule has 9 heteroatoms. The van der Waals surface area contributed by atoms with E-state index in [0.717, 1.165) is 15.4 Å². The molecule has 0 atom stereocenters. The second-order valence-corrected chi connectivity index (χ2v) is 8.78. The molecule has 0 saturated carbocycles. The van der Waals surface area contributed by atoms with Gasteiger partial charge in [-0.05, 0) is 60.7 Å². The Balaban J connectivity index is 1.55. The molecule has 1 heterocycles. The summed E-state index contributed by atoms with van der Waals surface area (Å²) < 4.78 is 44.5. The van der Waals surface area contributed by atoms with Gasteiger partial charge < -0.3 is 0 Å². The van der Waals surface area contributed by atoms with Crippen molar-refractivity contribution in [3.05, 3.63) is 84.9 Å². The largest absolute Gasteiger partial charge is 0.294 e. The normalized spacial score (nSPS) is 11.4. The summed E-state index contributed by atoms with van der Waals surface area (Å²) in [5.41, 5.74) is 1.38. The third kappa shape index (κ3) is 4.70. The van der Waals surface area contributed by atoms with Crippen LogP contribution < -0.4 is 0 Å². The minimum Gasteiger partial charge on any atom is -0.282 e. The first-order valence-corrected chi connectivity index (χ1v) is 10.9. The molecule has 0 bridgehead atoms. The maximum Gasteiger partial charge on any atom is 0.294 e. The van der Waals surface area contributed by atoms with Gasteiger partial charge in [-0.25, -0.2) is 19.3 Å². The number of halogens is 1. The van der Waals surface area contributed by atoms with Crippen LogP contribution in [0.5, 0.6) is 0 Å². The van der Waals surface area contributed by atoms with Crippen LogP contribution in [-0.4, -0.2) is 27.9 Å². The number of nitrogens with zero attached hydrogens (tertiary/aromatic N) is 3. The second kappa shape index (κ2) is 8.31. The van der Waals surface area contributed by atoms with Gasteiger partial charge in [0.05, 0.1) is 4.90 Å². The van der Waals surface area contributed by atoms with E-state index in [1.807, 2.05) is 24.3 Å². The zero-order valence-electron chi connectivity index (χ0n) is 15.3. The minimum atomic E-state index is -4.26. The van der Waals surface area contributed by atoms with Gasteiger partial charge in [-0.3, -0.25) is 4.55 Å². The summed E-state index contributed by atoms with van der Waals surface area (Å²) in [5, 5.41) is 0. The van der Waals surface area contributed by atoms with Gasteiger partial charge in [0.2, 0.25) is 0 Å². The maximum atomic E-state index is 13.0. The fourth-order valence-electron chi connectivity index (χ4n) is 2.66. The summed E-state index contributed by atoms with van der Waals surface area (Å²) in [6.45, 7) is 0. The van der Waals surface area contributed by atoms with E-state index in [0.29, 0.717) is 17.2 Å². The Kier molecular flexibility index (Phi) is 5.58. The van der Waals surface area contributed by atoms with Crippen LogP contribution in [0.15, 0.2) is 93.8 Å². The Bertz CT molecular complexity index is 1280. The highest BCUT2D eigenvalue weighted by atomic mass is 32.2. The highest BCUT2D eigenvalue weighted by Gasteiger charge is 2.11. The molecule has 0 spiro atoms. The van der Waals surface area contributed by atoms with Crippen LogP contribution in [0.25, 0.3) is 22.8 Å². The average molecular weight is 439 g/mol. The van der Waals surface area contributed by atoms with Crippen molar-refractivity contribution < 1.29 is 17.4 Å². The van der Waals surface area contributed by atoms with Crippen molar-refractivity contribution in [3.63, 3.8) is 0 Å². The van der Waals surface area contributed by atoms with E-state index in [1.165, 1.54) is 54.5 Å². The zero-order valence-corrected chi connectivity index (χ0v) is 16.9. The molecule has 3 aromatic carbocycles. The molecule has 4 rings (SSSR count). The van der Waals surface area contributed by atoms with Crippen molar-refractivity contribution in [1.29, 1.82) is 0 Å². The summed E-state index contributed by atoms with van der Waals surface area (Å²) in [6, 6.07) is 19.5. The molecule has 0 radical (unpaired) electrons. The van der Waals surface area contributed by atoms with Crippen molar-refractivity contribution in [1.82, 2.24) is 15.0 Å². The van der Waals surface area contributed by atoms with E-state index in [-0.39, 0.29) is 10.7 Å². The van der Waals surface area contributed by atoms with Crippen molar-refractivity contribution in [3.8, 4) is 22.8 Å². The van der Waals surface area contributed by atoms with E-state index in [4.69, 9.17) is 4.55 Å². The van der Waals surface area contributed by atoms with Gasteiger partial charge in [0.25, 0.3) is 10.1 Å². The molecule has 6 nitrogen and oxygen atoms in total. The lowest BCUT2D eigenvalue weighted by Crippen LogP contribution is -1.98. The summed E-state index contributed by atoms with van der Waals surface area (Å²) in [7, 11) is -4.26. The number of hydrogen-bond acceptors (Lipinski definition) is 6. The van der Waals surface area contributed by atoms with E-state index < -0.39 is 10.1 Å². The number of rotatable bonds is 5. The lowest BCUT2D eigenvalue weighted by atomic mass is 10.2. The monoisotopic (exact) mass is 439 g/mol. The first-order valence-electron chi connectivity index (χ1n) is 8.69. The molecule has 0 aliphatic rings. The van der Waals surface area contributed by atoms with E-state index in [9.17, 15) is 12.8 Å². The summed E-state index contributed by atoms with van der Waals surface area (Å²) in [4.78, 5) is 14.5. The molecule has 30 heavy (non-hydrogen) atoms. The molecular formula is C21H14FN3O3S2. The molecule has 0 fully saturated rings. The fourth-order valence-corrected chi connectivity index (χ4v) is 3.96. The number of hydrogen-bond donors (Lipinski definition) is 1. The molecule has 4 aromatic rings. The van der Waals surface area contributed by atoms with Crippen molar-refractivity contribution in [2.24, 2.45) is 0 Å². The Morgan fingerprint density at radius 2 is 1.20 bits per heavy atom. The lowest BCUT2D eigenvalue weighted by Gasteiger charge is -2.06. The van der Waals surface area contributed by atoms with Gasteiger partial charge >= 0.3 is 0 Å². The topological polar surface area (TPSA) is 93.0 Å². The molecule has 0 saturated heterocycles. The van der Waals surface area contributed by atoms with E-state index in [1.54, 1.807) is 12.1 Å². The highest BCUT2D eigenvalue weighted by molar-refractivity contribution is 7.99. The fraction of sp³-hybridized carbons (Fsp3) is 0. The molecule has 150 valence electrons. The minimum absolute atomic E-state index is 0.199. The van der Waals surface area contributed by atoms with Crippen LogP contribution in [-0.2, 0) is 10.1 Å². The van der Waals surface area contributed by atoms with E-state index >= 15 is 0 Å². The average Bonchev–Trinajstić information content (AvgIpc) is 2.75. The van der Waals surface area contributed by atoms with Crippen LogP contribution in [0.1, 0.15) is 0 Å². The Morgan fingerprint density at radius 3 is 1.70 bits per heavy atom. The summed E-state index contributed by atoms with van der Waals surface area (Å²) in [5.74, 6) is 0.580. The van der Waals surface area contributed by atoms with E-state index in [2.05, 4.69) is 15.0 Å². The maximum absolute atomic E-state index is 13.0. The van der Waals surface area contributed by atoms with Crippen LogP contribution in [0, 0.1) is 5.82 Å². The van der Waals surface area contributed by atoms with Gasteiger partial charge in [-0.15, -0.1) is 0 Å². The first kappa shape index (κ1) is 20.1. The molecule has 0 unspecified atom stereocenters. The molecule has 0 aliphatic heterocycles. The zero-order chi connectivity index (χ0) is 21.1. The molecule has 1 N–H and O–H groups in total. The van der Waals surface area contributed by atoms with Gasteiger partial charge in [-0.1, -0.05) is 23.9 Å². The molecule has 0 aliphatic carbocycles. The van der Waals surface area contributed by atoms with Crippen LogP contribution in [0.2, 0.25) is 0 Å². The quantitative estimate of drug-likeness (QED) is 0.449. The molecule has 0 amide bonds. The summed E-state index contributed by atoms with van der Waals surface area (Å²) >= 11 is 1.51. The van der Waals surface area contributed by atoms with Gasteiger partial charge in [0, 0.05) is 20.9 Å². The first-order chi connectivity index (χ1) is 14.4. The van der Waals surface area contributed by atoms with Crippen molar-refractivity contribution in [2.75, 3.05) is 0 Å². The Morgan fingerprint density at radius 1 is 0.733 bits per heavy atom. The SMILES string of the molecule is O=S(=O)(O)c1ccc(-c2ncnc(-c3ccc(Sc4ccc(F)cc4)cc3)n2)cc1.